The predicted octanol–water partition coefficient (Wildman–Crippen LogP) is 2.41. The van der Waals surface area contributed by atoms with Crippen molar-refractivity contribution in [3.63, 3.8) is 0 Å². The molecular formula is C11H10BrN3O4S. The lowest BCUT2D eigenvalue weighted by atomic mass is 10.3. The molecule has 1 heterocycles. The third kappa shape index (κ3) is 2.34. The average molecular weight is 360 g/mol. The Bertz CT molecular complexity index is 781. The third-order valence-electron chi connectivity index (χ3n) is 2.74. The van der Waals surface area contributed by atoms with E-state index in [1.807, 2.05) is 0 Å². The number of hydrogen-bond donors (Lipinski definition) is 0. The van der Waals surface area contributed by atoms with E-state index in [0.717, 1.165) is 16.2 Å². The minimum Gasteiger partial charge on any atom is -0.258 e. The molecule has 0 unspecified atom stereocenters. The maximum Gasteiger partial charge on any atom is 0.283 e. The van der Waals surface area contributed by atoms with Gasteiger partial charge in [-0.2, -0.15) is 17.6 Å². The molecule has 1 aromatic heterocycles. The van der Waals surface area contributed by atoms with Gasteiger partial charge in [0.05, 0.1) is 25.7 Å². The summed E-state index contributed by atoms with van der Waals surface area (Å²) in [6.45, 7) is 3.30. The Morgan fingerprint density at radius 1 is 1.25 bits per heavy atom. The Morgan fingerprint density at radius 2 is 1.80 bits per heavy atom. The molecule has 0 saturated carbocycles. The van der Waals surface area contributed by atoms with Gasteiger partial charge in [-0.05, 0) is 41.9 Å². The van der Waals surface area contributed by atoms with Crippen LogP contribution in [0.15, 0.2) is 33.6 Å². The van der Waals surface area contributed by atoms with Gasteiger partial charge in [-0.25, -0.2) is 0 Å². The van der Waals surface area contributed by atoms with Gasteiger partial charge in [0.2, 0.25) is 0 Å². The number of aromatic nitrogens is 2. The van der Waals surface area contributed by atoms with Crippen molar-refractivity contribution in [3.05, 3.63) is 50.2 Å². The lowest BCUT2D eigenvalue weighted by molar-refractivity contribution is -0.384. The molecular weight excluding hydrogens is 350 g/mol. The van der Waals surface area contributed by atoms with E-state index in [2.05, 4.69) is 21.0 Å². The van der Waals surface area contributed by atoms with Crippen molar-refractivity contribution in [2.24, 2.45) is 0 Å². The maximum absolute atomic E-state index is 12.4. The van der Waals surface area contributed by atoms with E-state index in [1.165, 1.54) is 12.1 Å². The van der Waals surface area contributed by atoms with Crippen LogP contribution in [0.5, 0.6) is 0 Å². The van der Waals surface area contributed by atoms with Crippen molar-refractivity contribution in [1.82, 2.24) is 9.19 Å². The molecule has 7 nitrogen and oxygen atoms in total. The second-order valence-electron chi connectivity index (χ2n) is 4.08. The van der Waals surface area contributed by atoms with E-state index in [9.17, 15) is 18.5 Å². The first kappa shape index (κ1) is 14.7. The van der Waals surface area contributed by atoms with Crippen LogP contribution in [0.4, 0.5) is 5.69 Å². The molecule has 0 radical (unpaired) electrons. The zero-order valence-corrected chi connectivity index (χ0v) is 13.0. The highest BCUT2D eigenvalue weighted by Gasteiger charge is 2.23. The van der Waals surface area contributed by atoms with Crippen LogP contribution in [-0.4, -0.2) is 22.5 Å². The summed E-state index contributed by atoms with van der Waals surface area (Å²) in [6, 6.07) is 4.68. The van der Waals surface area contributed by atoms with Gasteiger partial charge >= 0.3 is 0 Å². The molecule has 0 aliphatic rings. The Labute approximate surface area is 123 Å². The molecule has 2 rings (SSSR count). The number of benzene rings is 1. The fourth-order valence-electron chi connectivity index (χ4n) is 1.67. The van der Waals surface area contributed by atoms with Gasteiger partial charge in [-0.15, -0.1) is 0 Å². The van der Waals surface area contributed by atoms with Gasteiger partial charge in [-0.3, -0.25) is 10.1 Å². The van der Waals surface area contributed by atoms with Crippen LogP contribution >= 0.6 is 15.9 Å². The van der Waals surface area contributed by atoms with Crippen LogP contribution in [0.2, 0.25) is 0 Å². The number of rotatable bonds is 3. The second-order valence-corrected chi connectivity index (χ2v) is 6.64. The van der Waals surface area contributed by atoms with Crippen molar-refractivity contribution in [3.8, 4) is 0 Å². The number of non-ortho nitro benzene ring substituents is 1. The summed E-state index contributed by atoms with van der Waals surface area (Å²) in [5, 5.41) is 14.5. The molecule has 0 aliphatic carbocycles. The minimum absolute atomic E-state index is 0.0544. The van der Waals surface area contributed by atoms with E-state index in [-0.39, 0.29) is 10.6 Å². The number of nitro groups is 1. The van der Waals surface area contributed by atoms with Crippen molar-refractivity contribution in [2.45, 2.75) is 18.7 Å². The van der Waals surface area contributed by atoms with E-state index >= 15 is 0 Å². The minimum atomic E-state index is -3.86. The largest absolute Gasteiger partial charge is 0.283 e. The first-order valence-corrected chi connectivity index (χ1v) is 7.70. The van der Waals surface area contributed by atoms with Crippen molar-refractivity contribution in [1.29, 1.82) is 0 Å². The van der Waals surface area contributed by atoms with Crippen molar-refractivity contribution < 1.29 is 13.3 Å². The summed E-state index contributed by atoms with van der Waals surface area (Å²) in [6.07, 6.45) is 0. The van der Waals surface area contributed by atoms with E-state index < -0.39 is 14.9 Å². The fraction of sp³-hybridized carbons (Fsp3) is 0.182. The number of halogens is 1. The smallest absolute Gasteiger partial charge is 0.258 e. The van der Waals surface area contributed by atoms with Crippen LogP contribution in [0.25, 0.3) is 0 Å². The van der Waals surface area contributed by atoms with E-state index in [1.54, 1.807) is 13.8 Å². The molecule has 0 amide bonds. The summed E-state index contributed by atoms with van der Waals surface area (Å²) in [5.41, 5.74) is 0.826. The van der Waals surface area contributed by atoms with Crippen molar-refractivity contribution in [2.75, 3.05) is 0 Å². The average Bonchev–Trinajstić information content (AvgIpc) is 2.67. The first-order valence-electron chi connectivity index (χ1n) is 5.47. The third-order valence-corrected chi connectivity index (χ3v) is 5.56. The van der Waals surface area contributed by atoms with Gasteiger partial charge in [0.25, 0.3) is 15.7 Å². The molecule has 0 N–H and O–H groups in total. The molecule has 2 aromatic rings. The van der Waals surface area contributed by atoms with Crippen molar-refractivity contribution >= 4 is 31.6 Å². The molecule has 106 valence electrons. The molecule has 9 heteroatoms. The first-order chi connectivity index (χ1) is 9.25. The molecule has 0 fully saturated rings. The molecule has 0 aliphatic heterocycles. The molecule has 20 heavy (non-hydrogen) atoms. The molecule has 0 atom stereocenters. The SMILES string of the molecule is Cc1nn(S(=O)(=O)c2ccc([N+](=O)[O-])cc2)c(C)c1Br. The molecule has 0 bridgehead atoms. The standard InChI is InChI=1S/C11H10BrN3O4S/c1-7-11(12)8(2)14(13-7)20(18,19)10-5-3-9(4-6-10)15(16)17/h3-6H,1-2H3. The van der Waals surface area contributed by atoms with E-state index in [4.69, 9.17) is 0 Å². The molecule has 0 saturated heterocycles. The highest BCUT2D eigenvalue weighted by atomic mass is 79.9. The number of nitrogens with zero attached hydrogens (tertiary/aromatic N) is 3. The van der Waals surface area contributed by atoms with Crippen LogP contribution in [-0.2, 0) is 10.0 Å². The fourth-order valence-corrected chi connectivity index (χ4v) is 3.40. The van der Waals surface area contributed by atoms with Crippen LogP contribution in [0.1, 0.15) is 11.4 Å². The lowest BCUT2D eigenvalue weighted by Crippen LogP contribution is -2.16. The van der Waals surface area contributed by atoms with Gasteiger partial charge in [0.1, 0.15) is 0 Å². The lowest BCUT2D eigenvalue weighted by Gasteiger charge is -2.06. The Morgan fingerprint density at radius 3 is 2.20 bits per heavy atom. The van der Waals surface area contributed by atoms with Crippen LogP contribution in [0.3, 0.4) is 0 Å². The van der Waals surface area contributed by atoms with Crippen LogP contribution < -0.4 is 0 Å². The monoisotopic (exact) mass is 359 g/mol. The summed E-state index contributed by atoms with van der Waals surface area (Å²) in [4.78, 5) is 9.92. The number of hydrogen-bond acceptors (Lipinski definition) is 5. The summed E-state index contributed by atoms with van der Waals surface area (Å²) >= 11 is 3.26. The maximum atomic E-state index is 12.4. The van der Waals surface area contributed by atoms with Crippen LogP contribution in [0, 0.1) is 24.0 Å². The van der Waals surface area contributed by atoms with Gasteiger partial charge in [0.15, 0.2) is 0 Å². The van der Waals surface area contributed by atoms with Gasteiger partial charge < -0.3 is 0 Å². The Kier molecular flexibility index (Phi) is 3.65. The Hall–Kier alpha value is -1.74. The highest BCUT2D eigenvalue weighted by Crippen LogP contribution is 2.24. The van der Waals surface area contributed by atoms with E-state index in [0.29, 0.717) is 15.9 Å². The second kappa shape index (κ2) is 4.98. The number of aryl methyl sites for hydroxylation is 1. The summed E-state index contributed by atoms with van der Waals surface area (Å²) in [5.74, 6) is 0. The quantitative estimate of drug-likeness (QED) is 0.619. The molecule has 1 aromatic carbocycles. The zero-order valence-electron chi connectivity index (χ0n) is 10.6. The summed E-state index contributed by atoms with van der Waals surface area (Å²) < 4.78 is 26.3. The topological polar surface area (TPSA) is 95.1 Å². The Balaban J connectivity index is 2.55. The normalized spacial score (nSPS) is 11.6. The number of nitro benzene ring substituents is 1. The van der Waals surface area contributed by atoms with Gasteiger partial charge in [0, 0.05) is 12.1 Å². The summed E-state index contributed by atoms with van der Waals surface area (Å²) in [7, 11) is -3.86. The molecule has 0 spiro atoms. The zero-order chi connectivity index (χ0) is 15.1. The predicted molar refractivity (Wildman–Crippen MR) is 75.1 cm³/mol. The highest BCUT2D eigenvalue weighted by molar-refractivity contribution is 9.10. The van der Waals surface area contributed by atoms with Gasteiger partial charge in [-0.1, -0.05) is 0 Å².